The molecule has 0 spiro atoms. The summed E-state index contributed by atoms with van der Waals surface area (Å²) in [5, 5.41) is 31.3. The predicted molar refractivity (Wildman–Crippen MR) is 207 cm³/mol. The van der Waals surface area contributed by atoms with Crippen LogP contribution in [0.5, 0.6) is 0 Å². The Morgan fingerprint density at radius 3 is 1.53 bits per heavy atom. The SMILES string of the molecule is Cc1cccc(/C(=N\OCc2cccc(N)n2)n2nnnc2C)n1.Cc1cccc(/C(=N\OCc2cccc(N3C(=O)c4ccccc4C3=O)n2)n2nnnc2C)n1. The summed E-state index contributed by atoms with van der Waals surface area (Å²) in [6, 6.07) is 28.1. The summed E-state index contributed by atoms with van der Waals surface area (Å²) in [6.07, 6.45) is 0. The number of anilines is 2. The quantitative estimate of drug-likeness (QED) is 0.0955. The highest BCUT2D eigenvalue weighted by Gasteiger charge is 2.37. The van der Waals surface area contributed by atoms with Crippen molar-refractivity contribution in [1.29, 1.82) is 0 Å². The van der Waals surface area contributed by atoms with Crippen LogP contribution in [0.1, 0.15) is 66.5 Å². The van der Waals surface area contributed by atoms with E-state index in [1.54, 1.807) is 80.6 Å². The minimum absolute atomic E-state index is 0.0203. The fourth-order valence-electron chi connectivity index (χ4n) is 5.54. The molecule has 6 aromatic heterocycles. The maximum absolute atomic E-state index is 12.8. The molecule has 0 radical (unpaired) electrons. The summed E-state index contributed by atoms with van der Waals surface area (Å²) in [5.41, 5.74) is 10.3. The number of oxime groups is 2. The summed E-state index contributed by atoms with van der Waals surface area (Å²) >= 11 is 0. The molecule has 1 aromatic carbocycles. The third-order valence-electron chi connectivity index (χ3n) is 8.26. The molecule has 20 nitrogen and oxygen atoms in total. The molecule has 8 rings (SSSR count). The van der Waals surface area contributed by atoms with E-state index < -0.39 is 11.8 Å². The van der Waals surface area contributed by atoms with Crippen LogP contribution in [0.15, 0.2) is 107 Å². The van der Waals surface area contributed by atoms with Gasteiger partial charge in [0.2, 0.25) is 11.7 Å². The minimum Gasteiger partial charge on any atom is -0.387 e. The van der Waals surface area contributed by atoms with Crippen LogP contribution in [0.3, 0.4) is 0 Å². The van der Waals surface area contributed by atoms with E-state index in [0.717, 1.165) is 16.3 Å². The van der Waals surface area contributed by atoms with E-state index in [1.807, 2.05) is 44.2 Å². The standard InChI is InChI=1S/C23H18N8O3.C15H16N8O/c1-14-7-5-11-19(24-14)21(31-15(2)26-28-29-31)27-34-13-16-8-6-12-20(25-16)30-22(32)17-9-3-4-10-18(17)23(30)33;1-10-5-3-7-13(17-10)15(23-11(2)19-21-22-23)20-24-9-12-6-4-8-14(16)18-12/h3-12H,13H2,1-2H3;3-8H,9H2,1-2H3,(H2,16,18)/b27-21+;20-15+. The van der Waals surface area contributed by atoms with E-state index in [-0.39, 0.29) is 19.0 Å². The molecule has 20 heteroatoms. The van der Waals surface area contributed by atoms with Crippen LogP contribution in [-0.2, 0) is 22.9 Å². The molecule has 58 heavy (non-hydrogen) atoms. The molecule has 0 bridgehead atoms. The Hall–Kier alpha value is -8.16. The van der Waals surface area contributed by atoms with Crippen LogP contribution in [0.2, 0.25) is 0 Å². The van der Waals surface area contributed by atoms with Gasteiger partial charge < -0.3 is 15.4 Å². The van der Waals surface area contributed by atoms with Crippen molar-refractivity contribution in [2.75, 3.05) is 10.6 Å². The minimum atomic E-state index is -0.411. The van der Waals surface area contributed by atoms with Gasteiger partial charge in [0.25, 0.3) is 11.8 Å². The van der Waals surface area contributed by atoms with Gasteiger partial charge in [-0.25, -0.2) is 24.8 Å². The van der Waals surface area contributed by atoms with Crippen LogP contribution in [-0.4, -0.2) is 83.8 Å². The Balaban J connectivity index is 0.000000188. The van der Waals surface area contributed by atoms with Gasteiger partial charge in [0.05, 0.1) is 22.5 Å². The van der Waals surface area contributed by atoms with Crippen LogP contribution in [0.25, 0.3) is 0 Å². The van der Waals surface area contributed by atoms with Crippen molar-refractivity contribution < 1.29 is 19.3 Å². The number of nitrogen functional groups attached to an aromatic ring is 1. The number of hydrogen-bond donors (Lipinski definition) is 1. The lowest BCUT2D eigenvalue weighted by atomic mass is 10.1. The molecule has 0 atom stereocenters. The number of nitrogens with zero attached hydrogens (tertiary/aromatic N) is 15. The van der Waals surface area contributed by atoms with E-state index in [0.29, 0.717) is 63.0 Å². The first-order valence-corrected chi connectivity index (χ1v) is 17.6. The number of amides is 2. The second kappa shape index (κ2) is 17.1. The Morgan fingerprint density at radius 2 is 1.07 bits per heavy atom. The number of carbonyl (C=O) groups is 2. The normalized spacial score (nSPS) is 12.6. The van der Waals surface area contributed by atoms with E-state index in [9.17, 15) is 9.59 Å². The van der Waals surface area contributed by atoms with Gasteiger partial charge in [-0.05, 0) is 109 Å². The number of aryl methyl sites for hydroxylation is 4. The van der Waals surface area contributed by atoms with Crippen LogP contribution in [0.4, 0.5) is 11.6 Å². The lowest BCUT2D eigenvalue weighted by molar-refractivity contribution is 0.0924. The predicted octanol–water partition coefficient (Wildman–Crippen LogP) is 3.40. The van der Waals surface area contributed by atoms with Crippen molar-refractivity contribution in [3.8, 4) is 0 Å². The number of aromatic nitrogens is 12. The van der Waals surface area contributed by atoms with Gasteiger partial charge in [-0.3, -0.25) is 9.59 Å². The first-order valence-electron chi connectivity index (χ1n) is 17.6. The fourth-order valence-corrected chi connectivity index (χ4v) is 5.54. The lowest BCUT2D eigenvalue weighted by Gasteiger charge is -2.13. The Morgan fingerprint density at radius 1 is 0.586 bits per heavy atom. The smallest absolute Gasteiger partial charge is 0.267 e. The first kappa shape index (κ1) is 38.1. The average Bonchev–Trinajstić information content (AvgIpc) is 3.92. The summed E-state index contributed by atoms with van der Waals surface area (Å²) in [5.74, 6) is 1.61. The number of tetrazole rings is 2. The van der Waals surface area contributed by atoms with Gasteiger partial charge in [-0.2, -0.15) is 9.36 Å². The molecule has 2 N–H and O–H groups in total. The number of pyridine rings is 4. The Labute approximate surface area is 330 Å². The van der Waals surface area contributed by atoms with Crippen molar-refractivity contribution in [3.63, 3.8) is 0 Å². The maximum atomic E-state index is 12.8. The highest BCUT2D eigenvalue weighted by atomic mass is 16.6. The Kier molecular flexibility index (Phi) is 11.2. The molecular weight excluding hydrogens is 745 g/mol. The number of nitrogens with two attached hydrogens (primary N) is 1. The molecule has 0 unspecified atom stereocenters. The number of carbonyl (C=O) groups excluding carboxylic acids is 2. The summed E-state index contributed by atoms with van der Waals surface area (Å²) < 4.78 is 2.89. The highest BCUT2D eigenvalue weighted by molar-refractivity contribution is 6.34. The zero-order valence-electron chi connectivity index (χ0n) is 31.6. The largest absolute Gasteiger partial charge is 0.387 e. The number of hydrogen-bond acceptors (Lipinski definition) is 17. The molecule has 7 heterocycles. The van der Waals surface area contributed by atoms with Crippen molar-refractivity contribution >= 4 is 35.1 Å². The van der Waals surface area contributed by atoms with Crippen molar-refractivity contribution in [3.05, 3.63) is 154 Å². The molecule has 290 valence electrons. The number of fused-ring (bicyclic) bond motifs is 1. The van der Waals surface area contributed by atoms with Crippen LogP contribution in [0, 0.1) is 27.7 Å². The zero-order chi connectivity index (χ0) is 40.6. The third kappa shape index (κ3) is 8.54. The van der Waals surface area contributed by atoms with Gasteiger partial charge in [0.1, 0.15) is 23.0 Å². The molecule has 0 fully saturated rings. The monoisotopic (exact) mass is 778 g/mol. The fraction of sp³-hybridized carbons (Fsp3) is 0.158. The van der Waals surface area contributed by atoms with E-state index in [1.165, 1.54) is 9.36 Å². The molecule has 1 aliphatic rings. The number of benzene rings is 1. The Bertz CT molecular complexity index is 2640. The summed E-state index contributed by atoms with van der Waals surface area (Å²) in [6.45, 7) is 7.41. The first-order chi connectivity index (χ1) is 28.2. The van der Waals surface area contributed by atoms with Crippen molar-refractivity contribution in [2.45, 2.75) is 40.9 Å². The third-order valence-corrected chi connectivity index (χ3v) is 8.26. The number of imide groups is 1. The van der Waals surface area contributed by atoms with Gasteiger partial charge in [-0.1, -0.05) is 46.7 Å². The summed E-state index contributed by atoms with van der Waals surface area (Å²) in [4.78, 5) is 55.1. The topological polar surface area (TPSA) is 245 Å². The maximum Gasteiger partial charge on any atom is 0.267 e. The van der Waals surface area contributed by atoms with Gasteiger partial charge in [0.15, 0.2) is 24.9 Å². The average molecular weight is 779 g/mol. The van der Waals surface area contributed by atoms with E-state index in [2.05, 4.69) is 61.3 Å². The molecule has 1 aliphatic heterocycles. The second-order valence-corrected chi connectivity index (χ2v) is 12.5. The zero-order valence-corrected chi connectivity index (χ0v) is 31.6. The van der Waals surface area contributed by atoms with Crippen molar-refractivity contribution in [2.24, 2.45) is 10.3 Å². The van der Waals surface area contributed by atoms with E-state index >= 15 is 0 Å². The van der Waals surface area contributed by atoms with Gasteiger partial charge >= 0.3 is 0 Å². The van der Waals surface area contributed by atoms with E-state index in [4.69, 9.17) is 15.4 Å². The van der Waals surface area contributed by atoms with Crippen LogP contribution >= 0.6 is 0 Å². The molecule has 7 aromatic rings. The molecule has 0 aliphatic carbocycles. The molecule has 2 amide bonds. The highest BCUT2D eigenvalue weighted by Crippen LogP contribution is 2.27. The van der Waals surface area contributed by atoms with Crippen molar-refractivity contribution in [1.82, 2.24) is 60.4 Å². The van der Waals surface area contributed by atoms with Gasteiger partial charge in [-0.15, -0.1) is 10.2 Å². The van der Waals surface area contributed by atoms with Gasteiger partial charge in [0, 0.05) is 11.4 Å². The number of rotatable bonds is 9. The molecular formula is C38H34N16O4. The molecule has 0 saturated carbocycles. The van der Waals surface area contributed by atoms with Crippen LogP contribution < -0.4 is 10.6 Å². The second-order valence-electron chi connectivity index (χ2n) is 12.5. The lowest BCUT2D eigenvalue weighted by Crippen LogP contribution is -2.30. The molecule has 0 saturated heterocycles. The summed E-state index contributed by atoms with van der Waals surface area (Å²) in [7, 11) is 0.